The summed E-state index contributed by atoms with van der Waals surface area (Å²) in [5.74, 6) is -2.99. The predicted molar refractivity (Wildman–Crippen MR) is 97.5 cm³/mol. The highest BCUT2D eigenvalue weighted by molar-refractivity contribution is 5.89. The summed E-state index contributed by atoms with van der Waals surface area (Å²) in [5, 5.41) is 50.0. The molecule has 0 saturated carbocycles. The van der Waals surface area contributed by atoms with Gasteiger partial charge in [0.1, 0.15) is 31.0 Å². The van der Waals surface area contributed by atoms with Crippen molar-refractivity contribution in [1.82, 2.24) is 0 Å². The number of fused-ring (bicyclic) bond motifs is 1. The third kappa shape index (κ3) is 4.60. The molecule has 9 atom stereocenters. The molecule has 1 saturated heterocycles. The summed E-state index contributed by atoms with van der Waals surface area (Å²) in [5.41, 5.74) is 0.430. The Labute approximate surface area is 177 Å². The summed E-state index contributed by atoms with van der Waals surface area (Å²) >= 11 is 0. The van der Waals surface area contributed by atoms with Gasteiger partial charge in [0.15, 0.2) is 6.29 Å². The predicted octanol–water partition coefficient (Wildman–Crippen LogP) is -2.69. The molecule has 1 fully saturated rings. The van der Waals surface area contributed by atoms with Crippen LogP contribution < -0.4 is 0 Å². The molecule has 3 aliphatic rings. The zero-order valence-corrected chi connectivity index (χ0v) is 16.9. The highest BCUT2D eigenvalue weighted by atomic mass is 16.8. The fourth-order valence-electron chi connectivity index (χ4n) is 3.96. The van der Waals surface area contributed by atoms with Crippen LogP contribution >= 0.6 is 0 Å². The van der Waals surface area contributed by atoms with Gasteiger partial charge < -0.3 is 49.2 Å². The number of esters is 2. The van der Waals surface area contributed by atoms with Crippen molar-refractivity contribution in [2.24, 2.45) is 11.8 Å². The molecule has 174 valence electrons. The number of ether oxygens (including phenoxy) is 5. The number of rotatable bonds is 6. The molecule has 12 nitrogen and oxygen atoms in total. The van der Waals surface area contributed by atoms with E-state index in [4.69, 9.17) is 23.7 Å². The van der Waals surface area contributed by atoms with E-state index in [1.54, 1.807) is 0 Å². The fourth-order valence-corrected chi connectivity index (χ4v) is 3.96. The van der Waals surface area contributed by atoms with Crippen LogP contribution in [-0.4, -0.2) is 101 Å². The Hall–Kier alpha value is -2.06. The lowest BCUT2D eigenvalue weighted by atomic mass is 9.82. The van der Waals surface area contributed by atoms with Gasteiger partial charge in [-0.2, -0.15) is 0 Å². The number of carbonyl (C=O) groups is 2. The van der Waals surface area contributed by atoms with Crippen LogP contribution in [0.1, 0.15) is 6.92 Å². The van der Waals surface area contributed by atoms with Crippen LogP contribution in [0.2, 0.25) is 0 Å². The van der Waals surface area contributed by atoms with E-state index >= 15 is 0 Å². The molecule has 31 heavy (non-hydrogen) atoms. The van der Waals surface area contributed by atoms with E-state index in [0.29, 0.717) is 5.57 Å². The maximum Gasteiger partial charge on any atom is 0.337 e. The van der Waals surface area contributed by atoms with Gasteiger partial charge in [0.05, 0.1) is 37.6 Å². The zero-order chi connectivity index (χ0) is 22.9. The smallest absolute Gasteiger partial charge is 0.337 e. The van der Waals surface area contributed by atoms with Crippen LogP contribution in [0.5, 0.6) is 0 Å². The van der Waals surface area contributed by atoms with Crippen molar-refractivity contribution in [2.45, 2.75) is 50.0 Å². The van der Waals surface area contributed by atoms with Crippen LogP contribution in [0.4, 0.5) is 0 Å². The Morgan fingerprint density at radius 3 is 2.39 bits per heavy atom. The summed E-state index contributed by atoms with van der Waals surface area (Å²) in [6, 6.07) is 0. The average Bonchev–Trinajstić information content (AvgIpc) is 3.09. The molecule has 5 N–H and O–H groups in total. The second-order valence-corrected chi connectivity index (χ2v) is 7.47. The molecule has 1 aliphatic carbocycles. The average molecular weight is 446 g/mol. The van der Waals surface area contributed by atoms with Crippen molar-refractivity contribution in [1.29, 1.82) is 0 Å². The van der Waals surface area contributed by atoms with Crippen molar-refractivity contribution >= 4 is 11.9 Å². The van der Waals surface area contributed by atoms with Crippen LogP contribution in [0.25, 0.3) is 0 Å². The molecule has 0 amide bonds. The highest BCUT2D eigenvalue weighted by Crippen LogP contribution is 2.44. The highest BCUT2D eigenvalue weighted by Gasteiger charge is 2.52. The third-order valence-corrected chi connectivity index (χ3v) is 5.53. The quantitative estimate of drug-likeness (QED) is 0.211. The summed E-state index contributed by atoms with van der Waals surface area (Å²) in [6.45, 7) is 0.355. The maximum absolute atomic E-state index is 12.2. The van der Waals surface area contributed by atoms with E-state index in [1.807, 2.05) is 0 Å². The molecule has 0 aromatic carbocycles. The standard InChI is InChI=1S/C19H26O12/c1-7(21)28-5-8-3-10(22)13-9(17(26)27-2)6-29-18(12(8)13)31-19-16(25)15(24)14(23)11(4-20)30-19/h3,6,10-16,18-20,22-25H,4-5H2,1-2H3/t10-,11+,12+,13-,14+,15-,16+,18-,19-/m0/s1. The van der Waals surface area contributed by atoms with Crippen molar-refractivity contribution in [3.05, 3.63) is 23.5 Å². The van der Waals surface area contributed by atoms with E-state index in [2.05, 4.69) is 0 Å². The lowest BCUT2D eigenvalue weighted by Gasteiger charge is -2.43. The molecule has 0 radical (unpaired) electrons. The Balaban J connectivity index is 1.86. The van der Waals surface area contributed by atoms with Crippen LogP contribution in [-0.2, 0) is 33.3 Å². The van der Waals surface area contributed by atoms with Gasteiger partial charge in [-0.3, -0.25) is 4.79 Å². The minimum absolute atomic E-state index is 0.0303. The molecule has 2 aliphatic heterocycles. The molecular formula is C19H26O12. The maximum atomic E-state index is 12.2. The second-order valence-electron chi connectivity index (χ2n) is 7.47. The first-order chi connectivity index (χ1) is 14.7. The monoisotopic (exact) mass is 446 g/mol. The van der Waals surface area contributed by atoms with Crippen molar-refractivity contribution in [3.63, 3.8) is 0 Å². The summed E-state index contributed by atoms with van der Waals surface area (Å²) < 4.78 is 26.3. The van der Waals surface area contributed by atoms with Crippen LogP contribution in [0, 0.1) is 11.8 Å². The van der Waals surface area contributed by atoms with Gasteiger partial charge in [-0.25, -0.2) is 4.79 Å². The minimum atomic E-state index is -1.68. The summed E-state index contributed by atoms with van der Waals surface area (Å²) in [4.78, 5) is 23.4. The van der Waals surface area contributed by atoms with E-state index in [0.717, 1.165) is 6.26 Å². The Kier molecular flexibility index (Phi) is 7.31. The van der Waals surface area contributed by atoms with E-state index in [-0.39, 0.29) is 12.2 Å². The second kappa shape index (κ2) is 9.61. The molecule has 3 rings (SSSR count). The SMILES string of the molecule is COC(=O)C1=CO[C@@H](O[C@@H]2O[C@H](CO)[C@@H](O)[C@H](O)[C@H]2O)[C@@H]2C(COC(C)=O)=C[C@H](O)[C@H]12. The topological polar surface area (TPSA) is 181 Å². The lowest BCUT2D eigenvalue weighted by molar-refractivity contribution is -0.340. The first-order valence-electron chi connectivity index (χ1n) is 9.61. The zero-order valence-electron chi connectivity index (χ0n) is 16.9. The molecule has 0 spiro atoms. The van der Waals surface area contributed by atoms with Crippen molar-refractivity contribution in [3.8, 4) is 0 Å². The number of hydrogen-bond acceptors (Lipinski definition) is 12. The van der Waals surface area contributed by atoms with Gasteiger partial charge in [0, 0.05) is 12.8 Å². The van der Waals surface area contributed by atoms with Crippen molar-refractivity contribution in [2.75, 3.05) is 20.3 Å². The first kappa shape index (κ1) is 23.6. The molecule has 0 bridgehead atoms. The van der Waals surface area contributed by atoms with Gasteiger partial charge in [0.25, 0.3) is 0 Å². The number of carbonyl (C=O) groups excluding carboxylic acids is 2. The number of aliphatic hydroxyl groups is 5. The Morgan fingerprint density at radius 1 is 1.06 bits per heavy atom. The van der Waals surface area contributed by atoms with Gasteiger partial charge in [-0.1, -0.05) is 6.08 Å². The van der Waals surface area contributed by atoms with Gasteiger partial charge in [0.2, 0.25) is 6.29 Å². The van der Waals surface area contributed by atoms with E-state index < -0.39 is 73.5 Å². The van der Waals surface area contributed by atoms with Gasteiger partial charge >= 0.3 is 11.9 Å². The molecular weight excluding hydrogens is 420 g/mol. The fraction of sp³-hybridized carbons (Fsp3) is 0.684. The van der Waals surface area contributed by atoms with Crippen LogP contribution in [0.3, 0.4) is 0 Å². The molecule has 0 aromatic heterocycles. The summed E-state index contributed by atoms with van der Waals surface area (Å²) in [6.07, 6.45) is -7.54. The Bertz CT molecular complexity index is 746. The Morgan fingerprint density at radius 2 is 1.77 bits per heavy atom. The van der Waals surface area contributed by atoms with Crippen LogP contribution in [0.15, 0.2) is 23.5 Å². The third-order valence-electron chi connectivity index (χ3n) is 5.53. The number of hydrogen-bond donors (Lipinski definition) is 5. The lowest BCUT2D eigenvalue weighted by Crippen LogP contribution is -2.60. The summed E-state index contributed by atoms with van der Waals surface area (Å²) in [7, 11) is 1.17. The molecule has 2 heterocycles. The normalized spacial score (nSPS) is 39.6. The number of methoxy groups -OCH3 is 1. The van der Waals surface area contributed by atoms with E-state index in [9.17, 15) is 35.1 Å². The largest absolute Gasteiger partial charge is 0.471 e. The minimum Gasteiger partial charge on any atom is -0.471 e. The van der Waals surface area contributed by atoms with Crippen molar-refractivity contribution < 1.29 is 58.8 Å². The first-order valence-corrected chi connectivity index (χ1v) is 9.61. The van der Waals surface area contributed by atoms with E-state index in [1.165, 1.54) is 20.1 Å². The molecule has 0 unspecified atom stereocenters. The molecule has 12 heteroatoms. The van der Waals surface area contributed by atoms with Gasteiger partial charge in [-0.15, -0.1) is 0 Å². The van der Waals surface area contributed by atoms with Gasteiger partial charge in [-0.05, 0) is 5.57 Å². The number of aliphatic hydroxyl groups excluding tert-OH is 5. The molecule has 0 aromatic rings.